The monoisotopic (exact) mass is 132 g/mol. The zero-order valence-electron chi connectivity index (χ0n) is 4.84. The molecule has 4 N–H and O–H groups in total. The summed E-state index contributed by atoms with van der Waals surface area (Å²) in [5, 5.41) is 0.609. The second-order valence-corrected chi connectivity index (χ2v) is 3.63. The lowest BCUT2D eigenvalue weighted by atomic mass is 10.2. The summed E-state index contributed by atoms with van der Waals surface area (Å²) in [5.41, 5.74) is 11.2. The Labute approximate surface area is 54.0 Å². The maximum Gasteiger partial charge on any atom is 0.0522 e. The first-order chi connectivity index (χ1) is 3.79. The van der Waals surface area contributed by atoms with Gasteiger partial charge in [-0.1, -0.05) is 0 Å². The van der Waals surface area contributed by atoms with Gasteiger partial charge in [-0.3, -0.25) is 0 Å². The van der Waals surface area contributed by atoms with Crippen LogP contribution < -0.4 is 11.5 Å². The van der Waals surface area contributed by atoms with Crippen LogP contribution in [-0.4, -0.2) is 10.7 Å². The average molecular weight is 132 g/mol. The van der Waals surface area contributed by atoms with Crippen LogP contribution in [0.15, 0.2) is 0 Å². The number of hydrogen-bond acceptors (Lipinski definition) is 3. The van der Waals surface area contributed by atoms with Gasteiger partial charge in [-0.05, 0) is 19.3 Å². The van der Waals surface area contributed by atoms with Gasteiger partial charge in [-0.25, -0.2) is 0 Å². The van der Waals surface area contributed by atoms with Gasteiger partial charge in [0, 0.05) is 0 Å². The van der Waals surface area contributed by atoms with E-state index in [-0.39, 0.29) is 0 Å². The molecule has 1 aliphatic heterocycles. The zero-order chi connectivity index (χ0) is 5.98. The fourth-order valence-electron chi connectivity index (χ4n) is 0.881. The van der Waals surface area contributed by atoms with Crippen LogP contribution in [0.3, 0.4) is 0 Å². The predicted octanol–water partition coefficient (Wildman–Crippen LogP) is 0.473. The van der Waals surface area contributed by atoms with Crippen LogP contribution in [-0.2, 0) is 0 Å². The molecule has 0 aromatic rings. The molecule has 1 saturated heterocycles. The van der Waals surface area contributed by atoms with E-state index < -0.39 is 0 Å². The second kappa shape index (κ2) is 2.71. The molecule has 2 atom stereocenters. The molecule has 8 heavy (non-hydrogen) atoms. The summed E-state index contributed by atoms with van der Waals surface area (Å²) in [6.07, 6.45) is 3.48. The van der Waals surface area contributed by atoms with E-state index in [1.807, 2.05) is 0 Å². The molecule has 1 rings (SSSR count). The molecule has 1 aliphatic rings. The summed E-state index contributed by atoms with van der Waals surface area (Å²) in [5.74, 6) is 0. The third kappa shape index (κ3) is 1.65. The summed E-state index contributed by atoms with van der Waals surface area (Å²) in [6.45, 7) is 0. The molecule has 48 valence electrons. The van der Waals surface area contributed by atoms with Crippen molar-refractivity contribution in [2.24, 2.45) is 11.5 Å². The lowest BCUT2D eigenvalue weighted by Gasteiger charge is -2.22. The molecule has 0 radical (unpaired) electrons. The first kappa shape index (κ1) is 6.39. The van der Waals surface area contributed by atoms with Crippen molar-refractivity contribution in [2.75, 3.05) is 0 Å². The quantitative estimate of drug-likeness (QED) is 0.504. The van der Waals surface area contributed by atoms with Gasteiger partial charge in [0.25, 0.3) is 0 Å². The van der Waals surface area contributed by atoms with E-state index in [0.717, 1.165) is 12.8 Å². The van der Waals surface area contributed by atoms with Crippen LogP contribution >= 0.6 is 11.8 Å². The van der Waals surface area contributed by atoms with Crippen LogP contribution in [0.4, 0.5) is 0 Å². The molecule has 2 nitrogen and oxygen atoms in total. The van der Waals surface area contributed by atoms with E-state index in [1.165, 1.54) is 6.42 Å². The first-order valence-electron chi connectivity index (χ1n) is 2.95. The minimum absolute atomic E-state index is 0.304. The Balaban J connectivity index is 2.23. The molecular formula is C5H12N2S. The van der Waals surface area contributed by atoms with Gasteiger partial charge in [-0.15, -0.1) is 11.8 Å². The second-order valence-electron chi connectivity index (χ2n) is 2.14. The van der Waals surface area contributed by atoms with Crippen molar-refractivity contribution in [2.45, 2.75) is 30.0 Å². The number of rotatable bonds is 0. The number of hydrogen-bond donors (Lipinski definition) is 2. The van der Waals surface area contributed by atoms with Gasteiger partial charge in [0.05, 0.1) is 10.7 Å². The maximum atomic E-state index is 5.61. The van der Waals surface area contributed by atoms with E-state index in [2.05, 4.69) is 0 Å². The van der Waals surface area contributed by atoms with E-state index in [4.69, 9.17) is 11.5 Å². The van der Waals surface area contributed by atoms with Crippen molar-refractivity contribution in [3.63, 3.8) is 0 Å². The van der Waals surface area contributed by atoms with Crippen molar-refractivity contribution in [1.82, 2.24) is 0 Å². The zero-order valence-corrected chi connectivity index (χ0v) is 5.66. The van der Waals surface area contributed by atoms with Crippen molar-refractivity contribution >= 4 is 11.8 Å². The molecule has 1 heterocycles. The molecule has 2 unspecified atom stereocenters. The third-order valence-corrected chi connectivity index (χ3v) is 2.50. The molecular weight excluding hydrogens is 120 g/mol. The molecule has 0 aliphatic carbocycles. The van der Waals surface area contributed by atoms with Crippen LogP contribution in [0.2, 0.25) is 0 Å². The van der Waals surface area contributed by atoms with Crippen LogP contribution in [0.25, 0.3) is 0 Å². The minimum Gasteiger partial charge on any atom is -0.319 e. The van der Waals surface area contributed by atoms with Crippen molar-refractivity contribution in [1.29, 1.82) is 0 Å². The number of thioether (sulfide) groups is 1. The van der Waals surface area contributed by atoms with Crippen molar-refractivity contribution < 1.29 is 0 Å². The molecule has 0 bridgehead atoms. The normalized spacial score (nSPS) is 39.8. The Morgan fingerprint density at radius 3 is 1.88 bits per heavy atom. The largest absolute Gasteiger partial charge is 0.319 e. The van der Waals surface area contributed by atoms with Crippen LogP contribution in [0, 0.1) is 0 Å². The van der Waals surface area contributed by atoms with Gasteiger partial charge in [0.2, 0.25) is 0 Å². The third-order valence-electron chi connectivity index (χ3n) is 1.33. The summed E-state index contributed by atoms with van der Waals surface area (Å²) < 4.78 is 0. The Morgan fingerprint density at radius 1 is 1.12 bits per heavy atom. The van der Waals surface area contributed by atoms with E-state index in [1.54, 1.807) is 11.8 Å². The summed E-state index contributed by atoms with van der Waals surface area (Å²) in [7, 11) is 0. The van der Waals surface area contributed by atoms with Crippen molar-refractivity contribution in [3.05, 3.63) is 0 Å². The van der Waals surface area contributed by atoms with E-state index in [9.17, 15) is 0 Å². The van der Waals surface area contributed by atoms with Gasteiger partial charge < -0.3 is 11.5 Å². The fraction of sp³-hybridized carbons (Fsp3) is 1.00. The lowest BCUT2D eigenvalue weighted by Crippen LogP contribution is -2.29. The Bertz CT molecular complexity index is 68.8. The number of nitrogens with two attached hydrogens (primary N) is 2. The Morgan fingerprint density at radius 2 is 1.62 bits per heavy atom. The smallest absolute Gasteiger partial charge is 0.0522 e. The lowest BCUT2D eigenvalue weighted by molar-refractivity contribution is 0.620. The summed E-state index contributed by atoms with van der Waals surface area (Å²) in [6, 6.07) is 0. The van der Waals surface area contributed by atoms with Crippen LogP contribution in [0.5, 0.6) is 0 Å². The molecule has 0 spiro atoms. The van der Waals surface area contributed by atoms with Gasteiger partial charge in [0.15, 0.2) is 0 Å². The molecule has 3 heteroatoms. The Hall–Kier alpha value is 0.270. The Kier molecular flexibility index (Phi) is 2.16. The van der Waals surface area contributed by atoms with Crippen molar-refractivity contribution in [3.8, 4) is 0 Å². The highest BCUT2D eigenvalue weighted by atomic mass is 32.2. The average Bonchev–Trinajstić information content (AvgIpc) is 1.64. The van der Waals surface area contributed by atoms with Gasteiger partial charge in [-0.2, -0.15) is 0 Å². The predicted molar refractivity (Wildman–Crippen MR) is 37.4 cm³/mol. The van der Waals surface area contributed by atoms with Crippen LogP contribution in [0.1, 0.15) is 19.3 Å². The van der Waals surface area contributed by atoms with Gasteiger partial charge >= 0.3 is 0 Å². The highest BCUT2D eigenvalue weighted by Gasteiger charge is 2.14. The van der Waals surface area contributed by atoms with E-state index in [0.29, 0.717) is 10.7 Å². The summed E-state index contributed by atoms with van der Waals surface area (Å²) in [4.78, 5) is 0. The molecule has 0 saturated carbocycles. The highest BCUT2D eigenvalue weighted by molar-refractivity contribution is 8.00. The highest BCUT2D eigenvalue weighted by Crippen LogP contribution is 2.24. The topological polar surface area (TPSA) is 52.0 Å². The standard InChI is InChI=1S/C5H12N2S/c6-4-2-1-3-5(7)8-4/h4-5H,1-3,6-7H2. The molecule has 0 aromatic carbocycles. The first-order valence-corrected chi connectivity index (χ1v) is 3.90. The fourth-order valence-corrected chi connectivity index (χ4v) is 1.94. The molecule has 1 fully saturated rings. The maximum absolute atomic E-state index is 5.61. The summed E-state index contributed by atoms with van der Waals surface area (Å²) >= 11 is 1.70. The molecule has 0 amide bonds. The minimum atomic E-state index is 0.304. The molecule has 0 aromatic heterocycles. The van der Waals surface area contributed by atoms with Gasteiger partial charge in [0.1, 0.15) is 0 Å². The SMILES string of the molecule is NC1CCCC(N)S1. The van der Waals surface area contributed by atoms with E-state index >= 15 is 0 Å².